The Morgan fingerprint density at radius 3 is 2.58 bits per heavy atom. The molecule has 0 atom stereocenters. The molecular weight excluding hydrogens is 565 g/mol. The molecule has 3 heterocycles. The summed E-state index contributed by atoms with van der Waals surface area (Å²) in [6.45, 7) is 7.04. The summed E-state index contributed by atoms with van der Waals surface area (Å²) >= 11 is 0. The number of alkyl halides is 3. The number of rotatable bonds is 11. The summed E-state index contributed by atoms with van der Waals surface area (Å²) in [7, 11) is 3.75. The van der Waals surface area contributed by atoms with E-state index >= 15 is 0 Å². The topological polar surface area (TPSA) is 106 Å². The summed E-state index contributed by atoms with van der Waals surface area (Å²) in [5, 5.41) is 5.90. The van der Waals surface area contributed by atoms with Gasteiger partial charge < -0.3 is 35.0 Å². The highest BCUT2D eigenvalue weighted by atomic mass is 19.4. The lowest BCUT2D eigenvalue weighted by Gasteiger charge is -2.36. The third kappa shape index (κ3) is 8.92. The molecule has 2 saturated heterocycles. The maximum absolute atomic E-state index is 13.7. The average Bonchev–Trinajstić information content (AvgIpc) is 3.18. The van der Waals surface area contributed by atoms with Crippen LogP contribution in [0.15, 0.2) is 24.4 Å². The fourth-order valence-electron chi connectivity index (χ4n) is 5.11. The van der Waals surface area contributed by atoms with Crippen molar-refractivity contribution in [3.63, 3.8) is 0 Å². The van der Waals surface area contributed by atoms with E-state index in [1.54, 1.807) is 4.90 Å². The van der Waals surface area contributed by atoms with E-state index in [1.807, 2.05) is 43.0 Å². The van der Waals surface area contributed by atoms with E-state index in [-0.39, 0.29) is 30.1 Å². The van der Waals surface area contributed by atoms with Crippen LogP contribution < -0.4 is 15.5 Å². The van der Waals surface area contributed by atoms with E-state index in [9.17, 15) is 22.8 Å². The Balaban J connectivity index is 1.40. The number of carbonyl (C=O) groups excluding carboxylic acids is 2. The van der Waals surface area contributed by atoms with E-state index in [4.69, 9.17) is 4.74 Å². The Morgan fingerprint density at radius 1 is 1.12 bits per heavy atom. The zero-order chi connectivity index (χ0) is 31.0. The molecule has 11 nitrogen and oxygen atoms in total. The molecule has 0 unspecified atom stereocenters. The van der Waals surface area contributed by atoms with Gasteiger partial charge in [-0.3, -0.25) is 9.59 Å². The minimum absolute atomic E-state index is 0.0166. The molecular formula is C29H41F3N8O3. The van der Waals surface area contributed by atoms with Crippen LogP contribution in [0.5, 0.6) is 0 Å². The predicted octanol–water partition coefficient (Wildman–Crippen LogP) is 3.06. The van der Waals surface area contributed by atoms with E-state index in [2.05, 4.69) is 31.6 Å². The molecule has 0 bridgehead atoms. The number of nitrogens with zero attached hydrogens (tertiary/aromatic N) is 6. The van der Waals surface area contributed by atoms with Crippen molar-refractivity contribution in [2.45, 2.75) is 32.4 Å². The van der Waals surface area contributed by atoms with Gasteiger partial charge in [0.2, 0.25) is 17.8 Å². The molecule has 4 rings (SSSR count). The zero-order valence-electron chi connectivity index (χ0n) is 25.0. The third-order valence-electron chi connectivity index (χ3n) is 7.48. The zero-order valence-corrected chi connectivity index (χ0v) is 25.0. The summed E-state index contributed by atoms with van der Waals surface area (Å²) < 4.78 is 46.5. The maximum atomic E-state index is 13.7. The molecule has 2 amide bonds. The van der Waals surface area contributed by atoms with Crippen LogP contribution in [0.2, 0.25) is 0 Å². The first-order valence-electron chi connectivity index (χ1n) is 14.7. The molecule has 0 spiro atoms. The second-order valence-electron chi connectivity index (χ2n) is 10.9. The van der Waals surface area contributed by atoms with Gasteiger partial charge in [0, 0.05) is 63.4 Å². The molecule has 14 heteroatoms. The van der Waals surface area contributed by atoms with Gasteiger partial charge in [-0.2, -0.15) is 18.2 Å². The van der Waals surface area contributed by atoms with Crippen molar-refractivity contribution in [2.24, 2.45) is 0 Å². The Morgan fingerprint density at radius 2 is 1.88 bits per heavy atom. The van der Waals surface area contributed by atoms with Gasteiger partial charge in [0.15, 0.2) is 0 Å². The first-order valence-corrected chi connectivity index (χ1v) is 14.7. The number of halogens is 3. The van der Waals surface area contributed by atoms with Crippen LogP contribution in [-0.2, 0) is 26.9 Å². The minimum Gasteiger partial charge on any atom is -0.379 e. The number of anilines is 4. The highest BCUT2D eigenvalue weighted by molar-refractivity contribution is 5.78. The predicted molar refractivity (Wildman–Crippen MR) is 159 cm³/mol. The molecule has 2 aliphatic heterocycles. The van der Waals surface area contributed by atoms with Gasteiger partial charge in [0.05, 0.1) is 26.2 Å². The standard InChI is InChI=1S/C29H41F3N8O3/c1-4-21-18-22(38-11-13-40(14-12-38)26(42)20-37(2)3)6-7-24(21)35-28-34-19-23(29(30,31)32)27(36-28)33-9-5-10-39-15-17-43-16-8-25(39)41/h6-7,18-19H,4-5,8-17,20H2,1-3H3,(H2,33,34,35,36). The van der Waals surface area contributed by atoms with E-state index < -0.39 is 11.7 Å². The van der Waals surface area contributed by atoms with Crippen molar-refractivity contribution in [3.8, 4) is 0 Å². The number of hydrogen-bond donors (Lipinski definition) is 2. The summed E-state index contributed by atoms with van der Waals surface area (Å²) in [6, 6.07) is 5.89. The molecule has 0 aliphatic carbocycles. The molecule has 0 radical (unpaired) electrons. The number of carbonyl (C=O) groups is 2. The summed E-state index contributed by atoms with van der Waals surface area (Å²) in [5.74, 6) is -0.165. The van der Waals surface area contributed by atoms with Crippen LogP contribution in [0, 0.1) is 0 Å². The molecule has 2 aliphatic rings. The third-order valence-corrected chi connectivity index (χ3v) is 7.48. The van der Waals surface area contributed by atoms with Gasteiger partial charge in [-0.15, -0.1) is 0 Å². The average molecular weight is 607 g/mol. The number of aromatic nitrogens is 2. The van der Waals surface area contributed by atoms with Crippen LogP contribution >= 0.6 is 0 Å². The van der Waals surface area contributed by atoms with Gasteiger partial charge in [-0.1, -0.05) is 6.92 Å². The Hall–Kier alpha value is -3.65. The lowest BCUT2D eigenvalue weighted by Crippen LogP contribution is -2.50. The second-order valence-corrected chi connectivity index (χ2v) is 10.9. The highest BCUT2D eigenvalue weighted by Crippen LogP contribution is 2.34. The van der Waals surface area contributed by atoms with Gasteiger partial charge in [0.25, 0.3) is 0 Å². The fourth-order valence-corrected chi connectivity index (χ4v) is 5.11. The van der Waals surface area contributed by atoms with Crippen molar-refractivity contribution < 1.29 is 27.5 Å². The SMILES string of the molecule is CCc1cc(N2CCN(C(=O)CN(C)C)CC2)ccc1Nc1ncc(C(F)(F)F)c(NCCCN2CCOCCC2=O)n1. The molecule has 1 aromatic carbocycles. The van der Waals surface area contributed by atoms with Crippen molar-refractivity contribution in [3.05, 3.63) is 35.5 Å². The summed E-state index contributed by atoms with van der Waals surface area (Å²) in [5.41, 5.74) is 1.74. The number of hydrogen-bond acceptors (Lipinski definition) is 9. The van der Waals surface area contributed by atoms with Crippen LogP contribution in [0.25, 0.3) is 0 Å². The molecule has 236 valence electrons. The smallest absolute Gasteiger partial charge is 0.379 e. The van der Waals surface area contributed by atoms with Gasteiger partial charge in [-0.05, 0) is 50.7 Å². The number of benzene rings is 1. The molecule has 2 fully saturated rings. The first-order chi connectivity index (χ1) is 20.5. The number of nitrogens with one attached hydrogen (secondary N) is 2. The maximum Gasteiger partial charge on any atom is 0.421 e. The van der Waals surface area contributed by atoms with Crippen LogP contribution in [-0.4, -0.2) is 116 Å². The van der Waals surface area contributed by atoms with Crippen molar-refractivity contribution in [1.29, 1.82) is 0 Å². The number of piperazine rings is 1. The van der Waals surface area contributed by atoms with E-state index in [1.165, 1.54) is 0 Å². The van der Waals surface area contributed by atoms with Crippen LogP contribution in [0.4, 0.5) is 36.3 Å². The lowest BCUT2D eigenvalue weighted by molar-refractivity contribution is -0.137. The van der Waals surface area contributed by atoms with E-state index in [0.717, 1.165) is 17.4 Å². The van der Waals surface area contributed by atoms with Crippen molar-refractivity contribution >= 4 is 35.0 Å². The normalized spacial score (nSPS) is 16.4. The molecule has 2 N–H and O–H groups in total. The monoisotopic (exact) mass is 606 g/mol. The number of amides is 2. The molecule has 43 heavy (non-hydrogen) atoms. The molecule has 0 saturated carbocycles. The molecule has 2 aromatic rings. The first kappa shape index (κ1) is 32.3. The fraction of sp³-hybridized carbons (Fsp3) is 0.586. The Bertz CT molecular complexity index is 1250. The minimum atomic E-state index is -4.63. The molecule has 1 aromatic heterocycles. The summed E-state index contributed by atoms with van der Waals surface area (Å²) in [4.78, 5) is 40.3. The van der Waals surface area contributed by atoms with Crippen LogP contribution in [0.1, 0.15) is 30.9 Å². The van der Waals surface area contributed by atoms with Crippen molar-refractivity contribution in [1.82, 2.24) is 24.7 Å². The second kappa shape index (κ2) is 14.7. The number of ether oxygens (including phenoxy) is 1. The number of aryl methyl sites for hydroxylation is 1. The quantitative estimate of drug-likeness (QED) is 0.374. The van der Waals surface area contributed by atoms with Gasteiger partial charge >= 0.3 is 6.18 Å². The highest BCUT2D eigenvalue weighted by Gasteiger charge is 2.35. The lowest BCUT2D eigenvalue weighted by atomic mass is 10.1. The van der Waals surface area contributed by atoms with Gasteiger partial charge in [0.1, 0.15) is 11.4 Å². The Kier molecular flexibility index (Phi) is 11.0. The van der Waals surface area contributed by atoms with Crippen LogP contribution in [0.3, 0.4) is 0 Å². The largest absolute Gasteiger partial charge is 0.421 e. The number of likely N-dealkylation sites (N-methyl/N-ethyl adjacent to an activating group) is 1. The van der Waals surface area contributed by atoms with Crippen molar-refractivity contribution in [2.75, 3.05) is 95.2 Å². The van der Waals surface area contributed by atoms with E-state index in [0.29, 0.717) is 84.0 Å². The van der Waals surface area contributed by atoms with Gasteiger partial charge in [-0.25, -0.2) is 4.98 Å². The summed E-state index contributed by atoms with van der Waals surface area (Å²) in [6.07, 6.45) is -2.40. The Labute approximate surface area is 250 Å².